The van der Waals surface area contributed by atoms with Crippen LogP contribution in [0.3, 0.4) is 0 Å². The second kappa shape index (κ2) is 51.3. The Bertz CT molecular complexity index is 10.9. The Balaban J connectivity index is 0. The van der Waals surface area contributed by atoms with Gasteiger partial charge in [0.1, 0.15) is 0 Å². The third kappa shape index (κ3) is 40.5. The first-order chi connectivity index (χ1) is 0. The molecule has 0 unspecified atom stereocenters. The Morgan fingerprint density at radius 3 is 0.429 bits per heavy atom. The number of hydrogen-bond donors (Lipinski definition) is 0. The maximum atomic E-state index is 0. The molecule has 0 rings (SSSR count). The maximum absolute atomic E-state index is 0. The molecule has 0 saturated carbocycles. The van der Waals surface area contributed by atoms with E-state index in [2.05, 4.69) is 0 Å². The fourth-order valence-electron chi connectivity index (χ4n) is 0. The van der Waals surface area contributed by atoms with Crippen molar-refractivity contribution in [3.63, 3.8) is 0 Å². The zero-order chi connectivity index (χ0) is 0. The van der Waals surface area contributed by atoms with Gasteiger partial charge < -0.3 is 0 Å². The Morgan fingerprint density at radius 1 is 0.429 bits per heavy atom. The minimum absolute atomic E-state index is 0. The Labute approximate surface area is 124 Å². The van der Waals surface area contributed by atoms with E-state index in [9.17, 15) is 0 Å². The average Bonchev–Trinajstić information content (AvgIpc) is 0. The second-order valence-electron chi connectivity index (χ2n) is 0. The van der Waals surface area contributed by atoms with Gasteiger partial charge in [-0.05, 0) is 0 Å². The normalized spacial score (nSPS) is 0. The van der Waals surface area contributed by atoms with Gasteiger partial charge in [-0.15, -0.1) is 0 Å². The topological polar surface area (TPSA) is 0 Å². The van der Waals surface area contributed by atoms with Crippen LogP contribution < -0.4 is 0 Å². The molecule has 0 aliphatic rings. The van der Waals surface area contributed by atoms with Crippen molar-refractivity contribution in [2.45, 2.75) is 0 Å². The Morgan fingerprint density at radius 2 is 0.429 bits per heavy atom. The third-order valence-electron chi connectivity index (χ3n) is 0. The van der Waals surface area contributed by atoms with Crippen molar-refractivity contribution in [2.75, 3.05) is 0 Å². The minimum Gasteiger partial charge on any atom is 0 e. The molecule has 7 heavy (non-hydrogen) atoms. The molecule has 0 aromatic rings. The van der Waals surface area contributed by atoms with Crippen molar-refractivity contribution >= 4 is 0 Å². The third-order valence-corrected chi connectivity index (χ3v) is 0. The van der Waals surface area contributed by atoms with Crippen molar-refractivity contribution in [3.05, 3.63) is 0 Å². The molecule has 0 aromatic heterocycles. The van der Waals surface area contributed by atoms with Crippen LogP contribution in [0.15, 0.2) is 0 Å². The van der Waals surface area contributed by atoms with E-state index in [4.69, 9.17) is 0 Å². The smallest absolute Gasteiger partial charge is 0 e. The van der Waals surface area contributed by atoms with Crippen LogP contribution in [0.4, 0.5) is 0 Å². The summed E-state index contributed by atoms with van der Waals surface area (Å²) in [6.07, 6.45) is 0. The average molecular weight is 676 g/mol. The zero-order valence-corrected chi connectivity index (χ0v) is 13.0. The molecule has 0 atom stereocenters. The van der Waals surface area contributed by atoms with E-state index in [1.165, 1.54) is 0 Å². The van der Waals surface area contributed by atoms with E-state index in [1.807, 2.05) is 0 Å². The van der Waals surface area contributed by atoms with Gasteiger partial charge in [0.05, 0.1) is 0 Å². The quantitative estimate of drug-likeness (QED) is 0.317. The fourth-order valence-corrected chi connectivity index (χ4v) is 0. The van der Waals surface area contributed by atoms with E-state index in [0.717, 1.165) is 0 Å². The molecule has 0 amide bonds. The van der Waals surface area contributed by atoms with E-state index in [0.29, 0.717) is 0 Å². The fraction of sp³-hybridized carbons (Fsp3) is 0. The van der Waals surface area contributed by atoms with Crippen LogP contribution in [0.2, 0.25) is 0 Å². The van der Waals surface area contributed by atoms with Crippen LogP contribution in [0.25, 0.3) is 0 Å². The van der Waals surface area contributed by atoms with Crippen molar-refractivity contribution in [3.8, 4) is 0 Å². The second-order valence-corrected chi connectivity index (χ2v) is 0. The molecular weight excluding hydrogens is 676 g/mol. The molecule has 0 fully saturated rings. The van der Waals surface area contributed by atoms with Crippen molar-refractivity contribution in [1.29, 1.82) is 0 Å². The molecule has 0 aromatic carbocycles. The summed E-state index contributed by atoms with van der Waals surface area (Å²) in [5, 5.41) is 0. The van der Waals surface area contributed by atoms with Crippen LogP contribution in [-0.2, 0) is 126 Å². The van der Waals surface area contributed by atoms with Crippen LogP contribution >= 0.6 is 0 Å². The van der Waals surface area contributed by atoms with E-state index in [-0.39, 0.29) is 126 Å². The zero-order valence-electron chi connectivity index (χ0n) is 2.35. The van der Waals surface area contributed by atoms with Crippen LogP contribution in [0.1, 0.15) is 0 Å². The van der Waals surface area contributed by atoms with Crippen molar-refractivity contribution < 1.29 is 126 Å². The molecule has 0 spiro atoms. The van der Waals surface area contributed by atoms with Gasteiger partial charge in [-0.1, -0.05) is 0 Å². The number of rotatable bonds is 0. The van der Waals surface area contributed by atoms with Gasteiger partial charge in [-0.2, -0.15) is 0 Å². The number of hydrogen-bond acceptors (Lipinski definition) is 0. The summed E-state index contributed by atoms with van der Waals surface area (Å²) in [6.45, 7) is 0. The molecule has 3 radical (unpaired) electrons. The molecule has 0 N–H and O–H groups in total. The van der Waals surface area contributed by atoms with E-state index >= 15 is 0 Å². The van der Waals surface area contributed by atoms with Gasteiger partial charge in [0.25, 0.3) is 0 Å². The van der Waals surface area contributed by atoms with Gasteiger partial charge in [-0.25, -0.2) is 0 Å². The summed E-state index contributed by atoms with van der Waals surface area (Å²) < 4.78 is 0. The van der Waals surface area contributed by atoms with Gasteiger partial charge in [0, 0.05) is 126 Å². The van der Waals surface area contributed by atoms with Crippen LogP contribution in [0, 0.1) is 0 Å². The predicted molar refractivity (Wildman–Crippen MR) is 0 cm³/mol. The largest absolute Gasteiger partial charge is 0 e. The Hall–Kier alpha value is 3.92. The summed E-state index contributed by atoms with van der Waals surface area (Å²) >= 11 is 0. The molecule has 65 valence electrons. The summed E-state index contributed by atoms with van der Waals surface area (Å²) in [6, 6.07) is 0. The van der Waals surface area contributed by atoms with Gasteiger partial charge in [-0.3, -0.25) is 0 Å². The monoisotopic (exact) mass is 673 g/mol. The molecule has 0 saturated heterocycles. The van der Waals surface area contributed by atoms with E-state index < -0.39 is 0 Å². The predicted octanol–water partition coefficient (Wildman–Crippen LogP) is -0.0175. The SMILES string of the molecule is [Cu].[Cu].[Cu].[Ni].[Ni].[W].[W]. The molecule has 0 nitrogen and oxygen atoms in total. The van der Waals surface area contributed by atoms with Crippen molar-refractivity contribution in [2.24, 2.45) is 0 Å². The molecular formula is Cu3Ni2W2. The van der Waals surface area contributed by atoms with Crippen molar-refractivity contribution in [1.82, 2.24) is 0 Å². The summed E-state index contributed by atoms with van der Waals surface area (Å²) in [5.41, 5.74) is 0. The summed E-state index contributed by atoms with van der Waals surface area (Å²) in [5.74, 6) is 0. The first-order valence-corrected chi connectivity index (χ1v) is 0. The standard InChI is InChI=1S/3Cu.2Ni.2W. The van der Waals surface area contributed by atoms with Gasteiger partial charge in [0.2, 0.25) is 0 Å². The minimum atomic E-state index is 0. The maximum Gasteiger partial charge on any atom is 0 e. The molecule has 0 aliphatic carbocycles. The first-order valence-electron chi connectivity index (χ1n) is 0. The molecule has 0 bridgehead atoms. The van der Waals surface area contributed by atoms with Crippen LogP contribution in [0.5, 0.6) is 0 Å². The molecule has 0 aliphatic heterocycles. The summed E-state index contributed by atoms with van der Waals surface area (Å²) in [4.78, 5) is 0. The Kier molecular flexibility index (Phi) is 513. The molecule has 0 heterocycles. The first kappa shape index (κ1) is 69.9. The van der Waals surface area contributed by atoms with Crippen LogP contribution in [-0.4, -0.2) is 0 Å². The summed E-state index contributed by atoms with van der Waals surface area (Å²) in [7, 11) is 0. The van der Waals surface area contributed by atoms with E-state index in [1.54, 1.807) is 0 Å². The van der Waals surface area contributed by atoms with Gasteiger partial charge >= 0.3 is 0 Å². The van der Waals surface area contributed by atoms with Gasteiger partial charge in [0.15, 0.2) is 0 Å². The molecule has 7 heteroatoms.